The van der Waals surface area contributed by atoms with Crippen LogP contribution in [0, 0.1) is 0 Å². The van der Waals surface area contributed by atoms with Crippen molar-refractivity contribution in [2.45, 2.75) is 31.4 Å². The first kappa shape index (κ1) is 69.2. The SMILES string of the molecule is CNC(=O)c1ccccc1Nc1cc(Cl)ncc1C(F)(F)F.CNC(=O)c1ccccc1Nc1cc(Nc2ccc3c(c2)OC(=O)C3)ncc1C(F)(F)F.CNC(=O)c1ccccc1Nc1cc(Nc2ccc3c(c2)OC(=O)C3)ncc1C(F)(F)F.Nc1ccc2[nH]c(=O)oc2c1. The average molecular weight is 1360 g/mol. The number of hydrogen-bond donors (Lipinski definition) is 10. The Kier molecular flexibility index (Phi) is 21.0. The molecule has 0 saturated heterocycles. The molecule has 32 heteroatoms. The van der Waals surface area contributed by atoms with Gasteiger partial charge in [-0.1, -0.05) is 60.1 Å². The Morgan fingerprint density at radius 2 is 0.856 bits per heavy atom. The highest BCUT2D eigenvalue weighted by molar-refractivity contribution is 6.29. The molecule has 6 heterocycles. The molecule has 2 aliphatic rings. The third-order valence-corrected chi connectivity index (χ3v) is 14.0. The number of anilines is 11. The number of nitrogens with one attached hydrogen (secondary N) is 9. The number of fused-ring (bicyclic) bond motifs is 3. The summed E-state index contributed by atoms with van der Waals surface area (Å²) in [5.41, 5.74) is 7.11. The molecule has 0 spiro atoms. The van der Waals surface area contributed by atoms with Gasteiger partial charge in [-0.05, 0) is 66.7 Å². The third-order valence-electron chi connectivity index (χ3n) is 13.8. The normalized spacial score (nSPS) is 12.1. The van der Waals surface area contributed by atoms with Gasteiger partial charge in [-0.25, -0.2) is 19.7 Å². The molecule has 2 aliphatic heterocycles. The number of halogens is 10. The highest BCUT2D eigenvalue weighted by Crippen LogP contribution is 2.42. The van der Waals surface area contributed by atoms with Gasteiger partial charge in [0.25, 0.3) is 17.7 Å². The maximum absolute atomic E-state index is 13.6. The standard InChI is InChI=1S/2C22H17F3N4O3.C14H11ClF3N3O.C7H6N2O2/c2*1-26-21(31)14-4-2-3-5-16(14)29-17-10-19(27-11-15(17)22(23,24)25)28-13-7-6-12-8-20(30)32-18(12)9-13;1-19-13(22)8-4-2-3-5-10(8)21-11-6-12(15)20-7-9(11)14(16,17)18;8-4-1-2-5-6(3-4)11-7(10)9-5/h2*2-7,9-11H,8H2,1H3,(H,26,31)(H2,27,28,29);2-7H,1H3,(H,19,22)(H,20,21);1-3H,8H2,(H,9,10). The summed E-state index contributed by atoms with van der Waals surface area (Å²) in [6.45, 7) is 0. The summed E-state index contributed by atoms with van der Waals surface area (Å²) >= 11 is 5.67. The molecule has 0 atom stereocenters. The molecule has 3 amide bonds. The van der Waals surface area contributed by atoms with Crippen molar-refractivity contribution >= 4 is 115 Å². The number of H-pyrrole nitrogens is 1. The van der Waals surface area contributed by atoms with Crippen LogP contribution in [0.3, 0.4) is 0 Å². The Bertz CT molecular complexity index is 4510. The number of aromatic nitrogens is 4. The van der Waals surface area contributed by atoms with Crippen LogP contribution < -0.4 is 63.5 Å². The Hall–Kier alpha value is -12.2. The minimum absolute atomic E-state index is 0.0899. The van der Waals surface area contributed by atoms with E-state index in [0.717, 1.165) is 17.2 Å². The van der Waals surface area contributed by atoms with Gasteiger partial charge in [0.2, 0.25) is 0 Å². The number of carbonyl (C=O) groups excluding carboxylic acids is 5. The van der Waals surface area contributed by atoms with Gasteiger partial charge in [-0.3, -0.25) is 29.0 Å². The number of aromatic amines is 1. The van der Waals surface area contributed by atoms with Gasteiger partial charge in [0.1, 0.15) is 28.3 Å². The fourth-order valence-electron chi connectivity index (χ4n) is 9.31. The van der Waals surface area contributed by atoms with Crippen LogP contribution in [0.5, 0.6) is 11.5 Å². The number of oxazole rings is 1. The number of para-hydroxylation sites is 3. The molecule has 10 aromatic rings. The van der Waals surface area contributed by atoms with Gasteiger partial charge in [-0.2, -0.15) is 39.5 Å². The average Bonchev–Trinajstić information content (AvgIpc) is 1.05. The van der Waals surface area contributed by atoms with Gasteiger partial charge in [-0.15, -0.1) is 0 Å². The maximum atomic E-state index is 13.6. The van der Waals surface area contributed by atoms with Gasteiger partial charge in [0.15, 0.2) is 5.58 Å². The quantitative estimate of drug-likeness (QED) is 0.0169. The minimum atomic E-state index is -4.67. The summed E-state index contributed by atoms with van der Waals surface area (Å²) in [6, 6.07) is 37.0. The van der Waals surface area contributed by atoms with Crippen molar-refractivity contribution in [2.75, 3.05) is 53.5 Å². The first-order valence-electron chi connectivity index (χ1n) is 28.3. The van der Waals surface area contributed by atoms with Crippen LogP contribution in [-0.4, -0.2) is 70.7 Å². The van der Waals surface area contributed by atoms with E-state index < -0.39 is 58.7 Å². The number of hydrogen-bond acceptors (Lipinski definition) is 18. The van der Waals surface area contributed by atoms with Crippen molar-refractivity contribution in [1.29, 1.82) is 0 Å². The molecule has 0 bridgehead atoms. The lowest BCUT2D eigenvalue weighted by atomic mass is 10.1. The van der Waals surface area contributed by atoms with Gasteiger partial charge >= 0.3 is 36.2 Å². The molecule has 11 N–H and O–H groups in total. The summed E-state index contributed by atoms with van der Waals surface area (Å²) in [7, 11) is 4.30. The number of rotatable bonds is 13. The molecule has 0 fully saturated rings. The molecular weight excluding hydrogens is 1310 g/mol. The summed E-state index contributed by atoms with van der Waals surface area (Å²) in [4.78, 5) is 83.1. The number of nitrogens with zero attached hydrogens (tertiary/aromatic N) is 3. The number of amides is 3. The molecule has 0 unspecified atom stereocenters. The van der Waals surface area contributed by atoms with E-state index >= 15 is 0 Å². The van der Waals surface area contributed by atoms with E-state index in [1.807, 2.05) is 0 Å². The van der Waals surface area contributed by atoms with E-state index in [9.17, 15) is 68.3 Å². The Morgan fingerprint density at radius 3 is 1.25 bits per heavy atom. The van der Waals surface area contributed by atoms with Crippen LogP contribution in [0.15, 0.2) is 173 Å². The minimum Gasteiger partial charge on any atom is -0.426 e. The molecule has 0 aliphatic carbocycles. The lowest BCUT2D eigenvalue weighted by molar-refractivity contribution is -0.138. The third kappa shape index (κ3) is 17.6. The Morgan fingerprint density at radius 1 is 0.474 bits per heavy atom. The summed E-state index contributed by atoms with van der Waals surface area (Å²) < 4.78 is 136. The zero-order chi connectivity index (χ0) is 69.9. The lowest BCUT2D eigenvalue weighted by Gasteiger charge is -2.17. The Balaban J connectivity index is 0.000000160. The molecule has 22 nitrogen and oxygen atoms in total. The van der Waals surface area contributed by atoms with Crippen molar-refractivity contribution in [3.63, 3.8) is 0 Å². The molecule has 12 rings (SSSR count). The first-order chi connectivity index (χ1) is 46.1. The van der Waals surface area contributed by atoms with Crippen molar-refractivity contribution in [3.8, 4) is 11.5 Å². The number of nitrogen functional groups attached to an aromatic ring is 1. The molecule has 500 valence electrons. The predicted octanol–water partition coefficient (Wildman–Crippen LogP) is 13.4. The smallest absolute Gasteiger partial charge is 0.419 e. The molecule has 0 radical (unpaired) electrons. The number of esters is 2. The van der Waals surface area contributed by atoms with E-state index in [4.69, 9.17) is 31.2 Å². The van der Waals surface area contributed by atoms with Crippen molar-refractivity contribution in [2.24, 2.45) is 0 Å². The van der Waals surface area contributed by atoms with E-state index in [2.05, 4.69) is 62.5 Å². The topological polar surface area (TPSA) is 311 Å². The summed E-state index contributed by atoms with van der Waals surface area (Å²) in [5, 5.41) is 21.1. The number of alkyl halides is 9. The van der Waals surface area contributed by atoms with E-state index in [-0.39, 0.29) is 92.4 Å². The zero-order valence-corrected chi connectivity index (χ0v) is 51.1. The van der Waals surface area contributed by atoms with Crippen molar-refractivity contribution in [3.05, 3.63) is 224 Å². The number of carbonyl (C=O) groups is 5. The number of ether oxygens (including phenoxy) is 2. The predicted molar refractivity (Wildman–Crippen MR) is 341 cm³/mol. The second-order valence-electron chi connectivity index (χ2n) is 20.5. The van der Waals surface area contributed by atoms with E-state index in [1.165, 1.54) is 69.7 Å². The monoisotopic (exact) mass is 1360 g/mol. The molecule has 0 saturated carbocycles. The number of benzene rings is 6. The first-order valence-corrected chi connectivity index (χ1v) is 28.7. The summed E-state index contributed by atoms with van der Waals surface area (Å²) in [5.74, 6) is -1.46. The highest BCUT2D eigenvalue weighted by atomic mass is 35.5. The van der Waals surface area contributed by atoms with Crippen LogP contribution in [0.1, 0.15) is 58.9 Å². The van der Waals surface area contributed by atoms with Crippen molar-refractivity contribution in [1.82, 2.24) is 35.9 Å². The van der Waals surface area contributed by atoms with Crippen LogP contribution in [-0.2, 0) is 41.0 Å². The molecular formula is C65H51ClF9N13O9. The maximum Gasteiger partial charge on any atom is 0.419 e. The van der Waals surface area contributed by atoms with E-state index in [1.54, 1.807) is 91.0 Å². The molecule has 6 aromatic carbocycles. The summed E-state index contributed by atoms with van der Waals surface area (Å²) in [6.07, 6.45) is -11.5. The highest BCUT2D eigenvalue weighted by Gasteiger charge is 2.37. The molecule has 97 heavy (non-hydrogen) atoms. The fraction of sp³-hybridized carbons (Fsp3) is 0.123. The number of pyridine rings is 3. The second kappa shape index (κ2) is 29.4. The van der Waals surface area contributed by atoms with Crippen LogP contribution in [0.25, 0.3) is 11.1 Å². The van der Waals surface area contributed by atoms with Gasteiger partial charge < -0.3 is 62.2 Å². The molecule has 4 aromatic heterocycles. The second-order valence-corrected chi connectivity index (χ2v) is 20.9. The van der Waals surface area contributed by atoms with Crippen molar-refractivity contribution < 1.29 is 77.4 Å². The lowest BCUT2D eigenvalue weighted by Crippen LogP contribution is -2.19. The van der Waals surface area contributed by atoms with Gasteiger partial charge in [0, 0.05) is 98.3 Å². The Labute approximate surface area is 547 Å². The van der Waals surface area contributed by atoms with Crippen LogP contribution in [0.2, 0.25) is 5.15 Å². The van der Waals surface area contributed by atoms with Gasteiger partial charge in [0.05, 0.1) is 85.9 Å². The largest absolute Gasteiger partial charge is 0.426 e. The fourth-order valence-corrected chi connectivity index (χ4v) is 9.47. The van der Waals surface area contributed by atoms with E-state index in [0.29, 0.717) is 58.3 Å². The zero-order valence-electron chi connectivity index (χ0n) is 50.4. The number of nitrogens with two attached hydrogens (primary N) is 1. The van der Waals surface area contributed by atoms with Crippen LogP contribution in [0.4, 0.5) is 102 Å². The van der Waals surface area contributed by atoms with Crippen LogP contribution >= 0.6 is 11.6 Å².